The number of amides is 1. The number of carbonyl (C=O) groups is 1. The van der Waals surface area contributed by atoms with Crippen molar-refractivity contribution in [2.24, 2.45) is 0 Å². The summed E-state index contributed by atoms with van der Waals surface area (Å²) in [5.74, 6) is 0.117. The Balaban J connectivity index is 1.93. The highest BCUT2D eigenvalue weighted by atomic mass is 79.9. The van der Waals surface area contributed by atoms with Gasteiger partial charge in [-0.15, -0.1) is 0 Å². The van der Waals surface area contributed by atoms with E-state index in [-0.39, 0.29) is 17.9 Å². The molecule has 5 nitrogen and oxygen atoms in total. The molecule has 1 aliphatic rings. The SMILES string of the molecule is CC1CN(Cc2ccc(OC(F)F)c(Br)c2)CCN1C(=O)OC(C)(C)C. The fourth-order valence-corrected chi connectivity index (χ4v) is 3.38. The molecule has 0 aromatic heterocycles. The third-order valence-corrected chi connectivity index (χ3v) is 4.58. The van der Waals surface area contributed by atoms with Gasteiger partial charge in [0.15, 0.2) is 0 Å². The smallest absolute Gasteiger partial charge is 0.410 e. The van der Waals surface area contributed by atoms with Gasteiger partial charge in [0.05, 0.1) is 4.47 Å². The van der Waals surface area contributed by atoms with Gasteiger partial charge in [0.2, 0.25) is 0 Å². The highest BCUT2D eigenvalue weighted by Crippen LogP contribution is 2.28. The van der Waals surface area contributed by atoms with E-state index in [1.807, 2.05) is 27.7 Å². The van der Waals surface area contributed by atoms with Gasteiger partial charge in [0.25, 0.3) is 0 Å². The Kier molecular flexibility index (Phi) is 6.85. The lowest BCUT2D eigenvalue weighted by atomic mass is 10.1. The molecule has 1 heterocycles. The van der Waals surface area contributed by atoms with Crippen LogP contribution >= 0.6 is 15.9 Å². The summed E-state index contributed by atoms with van der Waals surface area (Å²) in [5, 5.41) is 0. The summed E-state index contributed by atoms with van der Waals surface area (Å²) in [5.41, 5.74) is 0.471. The average molecular weight is 435 g/mol. The van der Waals surface area contributed by atoms with Crippen molar-refractivity contribution in [1.29, 1.82) is 0 Å². The van der Waals surface area contributed by atoms with Crippen LogP contribution in [0.15, 0.2) is 22.7 Å². The van der Waals surface area contributed by atoms with Crippen molar-refractivity contribution in [2.45, 2.75) is 52.5 Å². The first-order chi connectivity index (χ1) is 12.0. The molecule has 0 radical (unpaired) electrons. The summed E-state index contributed by atoms with van der Waals surface area (Å²) in [6.07, 6.45) is -0.291. The molecule has 0 bridgehead atoms. The lowest BCUT2D eigenvalue weighted by molar-refractivity contribution is -0.0504. The van der Waals surface area contributed by atoms with Crippen LogP contribution in [0.4, 0.5) is 13.6 Å². The molecule has 0 N–H and O–H groups in total. The van der Waals surface area contributed by atoms with Gasteiger partial charge in [-0.1, -0.05) is 6.07 Å². The van der Waals surface area contributed by atoms with Crippen LogP contribution in [0.2, 0.25) is 0 Å². The number of hydrogen-bond donors (Lipinski definition) is 0. The molecule has 146 valence electrons. The van der Waals surface area contributed by atoms with Crippen LogP contribution in [0.1, 0.15) is 33.3 Å². The van der Waals surface area contributed by atoms with Crippen molar-refractivity contribution in [3.8, 4) is 5.75 Å². The minimum atomic E-state index is -2.85. The second-order valence-corrected chi connectivity index (χ2v) is 8.26. The van der Waals surface area contributed by atoms with E-state index in [4.69, 9.17) is 4.74 Å². The molecule has 0 aliphatic carbocycles. The molecule has 1 aromatic rings. The molecule has 1 fully saturated rings. The van der Waals surface area contributed by atoms with Gasteiger partial charge < -0.3 is 14.4 Å². The summed E-state index contributed by atoms with van der Waals surface area (Å²) in [6.45, 7) is 7.39. The molecule has 1 aliphatic heterocycles. The third kappa shape index (κ3) is 6.09. The molecule has 0 saturated carbocycles. The number of ether oxygens (including phenoxy) is 2. The zero-order valence-electron chi connectivity index (χ0n) is 15.5. The summed E-state index contributed by atoms with van der Waals surface area (Å²) >= 11 is 3.26. The Hall–Kier alpha value is -1.41. The van der Waals surface area contributed by atoms with E-state index >= 15 is 0 Å². The van der Waals surface area contributed by atoms with Gasteiger partial charge >= 0.3 is 12.7 Å². The van der Waals surface area contributed by atoms with Crippen LogP contribution in [-0.2, 0) is 11.3 Å². The van der Waals surface area contributed by atoms with Crippen molar-refractivity contribution in [3.63, 3.8) is 0 Å². The number of rotatable bonds is 4. The van der Waals surface area contributed by atoms with E-state index in [9.17, 15) is 13.6 Å². The topological polar surface area (TPSA) is 42.0 Å². The van der Waals surface area contributed by atoms with Gasteiger partial charge in [-0.25, -0.2) is 4.79 Å². The maximum atomic E-state index is 12.3. The summed E-state index contributed by atoms with van der Waals surface area (Å²) in [6, 6.07) is 5.12. The molecule has 1 amide bonds. The lowest BCUT2D eigenvalue weighted by Crippen LogP contribution is -2.54. The molecular formula is C18H25BrF2N2O3. The number of nitrogens with zero attached hydrogens (tertiary/aromatic N) is 2. The van der Waals surface area contributed by atoms with Gasteiger partial charge in [-0.3, -0.25) is 4.90 Å². The van der Waals surface area contributed by atoms with Crippen molar-refractivity contribution in [1.82, 2.24) is 9.80 Å². The van der Waals surface area contributed by atoms with Crippen molar-refractivity contribution in [2.75, 3.05) is 19.6 Å². The van der Waals surface area contributed by atoms with Crippen LogP contribution in [0, 0.1) is 0 Å². The summed E-state index contributed by atoms with van der Waals surface area (Å²) < 4.78 is 35.0. The molecule has 1 aromatic carbocycles. The Morgan fingerprint density at radius 3 is 2.58 bits per heavy atom. The molecule has 0 spiro atoms. The first kappa shape index (κ1) is 20.9. The molecule has 26 heavy (non-hydrogen) atoms. The number of benzene rings is 1. The predicted molar refractivity (Wildman–Crippen MR) is 98.5 cm³/mol. The maximum absolute atomic E-state index is 12.3. The van der Waals surface area contributed by atoms with E-state index in [0.29, 0.717) is 24.1 Å². The van der Waals surface area contributed by atoms with Crippen LogP contribution < -0.4 is 4.74 Å². The average Bonchev–Trinajstić information content (AvgIpc) is 2.48. The normalized spacial score (nSPS) is 18.9. The minimum Gasteiger partial charge on any atom is -0.444 e. The zero-order chi connectivity index (χ0) is 19.5. The lowest BCUT2D eigenvalue weighted by Gasteiger charge is -2.40. The van der Waals surface area contributed by atoms with E-state index in [1.165, 1.54) is 6.07 Å². The number of piperazine rings is 1. The Morgan fingerprint density at radius 2 is 2.04 bits per heavy atom. The van der Waals surface area contributed by atoms with E-state index < -0.39 is 12.2 Å². The van der Waals surface area contributed by atoms with Gasteiger partial charge in [0, 0.05) is 32.2 Å². The highest BCUT2D eigenvalue weighted by Gasteiger charge is 2.30. The first-order valence-corrected chi connectivity index (χ1v) is 9.29. The van der Waals surface area contributed by atoms with Crippen molar-refractivity contribution >= 4 is 22.0 Å². The Bertz CT molecular complexity index is 637. The van der Waals surface area contributed by atoms with E-state index in [0.717, 1.165) is 12.1 Å². The quantitative estimate of drug-likeness (QED) is 0.699. The number of alkyl halides is 2. The largest absolute Gasteiger partial charge is 0.444 e. The Morgan fingerprint density at radius 1 is 1.35 bits per heavy atom. The second-order valence-electron chi connectivity index (χ2n) is 7.40. The van der Waals surface area contributed by atoms with Crippen LogP contribution in [0.5, 0.6) is 5.75 Å². The predicted octanol–water partition coefficient (Wildman–Crippen LogP) is 4.49. The molecular weight excluding hydrogens is 410 g/mol. The van der Waals surface area contributed by atoms with Crippen molar-refractivity contribution < 1.29 is 23.0 Å². The first-order valence-electron chi connectivity index (χ1n) is 8.50. The Labute approximate surface area is 161 Å². The van der Waals surface area contributed by atoms with E-state index in [1.54, 1.807) is 17.0 Å². The molecule has 8 heteroatoms. The van der Waals surface area contributed by atoms with Gasteiger partial charge in [-0.2, -0.15) is 8.78 Å². The number of halogens is 3. The van der Waals surface area contributed by atoms with Crippen LogP contribution in [-0.4, -0.2) is 53.8 Å². The molecule has 1 unspecified atom stereocenters. The third-order valence-electron chi connectivity index (χ3n) is 3.96. The van der Waals surface area contributed by atoms with Crippen LogP contribution in [0.25, 0.3) is 0 Å². The summed E-state index contributed by atoms with van der Waals surface area (Å²) in [4.78, 5) is 16.2. The van der Waals surface area contributed by atoms with E-state index in [2.05, 4.69) is 25.6 Å². The number of hydrogen-bond acceptors (Lipinski definition) is 4. The zero-order valence-corrected chi connectivity index (χ0v) is 17.1. The highest BCUT2D eigenvalue weighted by molar-refractivity contribution is 9.10. The molecule has 1 saturated heterocycles. The fraction of sp³-hybridized carbons (Fsp3) is 0.611. The molecule has 2 rings (SSSR count). The monoisotopic (exact) mass is 434 g/mol. The van der Waals surface area contributed by atoms with Gasteiger partial charge in [0.1, 0.15) is 11.4 Å². The van der Waals surface area contributed by atoms with Crippen LogP contribution in [0.3, 0.4) is 0 Å². The standard InChI is InChI=1S/C18H25BrF2N2O3/c1-12-10-22(7-8-23(12)17(24)26-18(2,3)4)11-13-5-6-15(14(19)9-13)25-16(20)21/h5-6,9,12,16H,7-8,10-11H2,1-4H3. The van der Waals surface area contributed by atoms with Crippen molar-refractivity contribution in [3.05, 3.63) is 28.2 Å². The maximum Gasteiger partial charge on any atom is 0.410 e. The molecule has 1 atom stereocenters. The number of carbonyl (C=O) groups excluding carboxylic acids is 1. The fourth-order valence-electron chi connectivity index (χ4n) is 2.86. The summed E-state index contributed by atoms with van der Waals surface area (Å²) in [7, 11) is 0. The van der Waals surface area contributed by atoms with Gasteiger partial charge in [-0.05, 0) is 61.3 Å². The minimum absolute atomic E-state index is 0.0310. The second kappa shape index (κ2) is 8.52.